The van der Waals surface area contributed by atoms with Crippen LogP contribution in [0, 0.1) is 18.6 Å². The van der Waals surface area contributed by atoms with Crippen molar-refractivity contribution in [2.75, 3.05) is 0 Å². The number of halogens is 2. The molecule has 2 aromatic carbocycles. The first-order valence-corrected chi connectivity index (χ1v) is 7.72. The Balaban J connectivity index is 1.85. The fraction of sp³-hybridized carbons (Fsp3) is 0.0588. The van der Waals surface area contributed by atoms with Crippen LogP contribution in [0.25, 0.3) is 17.1 Å². The molecular weight excluding hydrogens is 334 g/mol. The lowest BCUT2D eigenvalue weighted by atomic mass is 10.0. The van der Waals surface area contributed by atoms with Gasteiger partial charge in [-0.1, -0.05) is 0 Å². The largest absolute Gasteiger partial charge is 0.288 e. The fourth-order valence-corrected chi connectivity index (χ4v) is 3.37. The van der Waals surface area contributed by atoms with E-state index in [4.69, 9.17) is 0 Å². The lowest BCUT2D eigenvalue weighted by Gasteiger charge is -1.99. The normalized spacial score (nSPS) is 13.7. The van der Waals surface area contributed by atoms with E-state index in [1.807, 2.05) is 6.92 Å². The molecule has 0 saturated carbocycles. The molecule has 0 radical (unpaired) electrons. The lowest BCUT2D eigenvalue weighted by Crippen LogP contribution is -2.00. The number of fused-ring (bicyclic) bond motifs is 2. The first-order chi connectivity index (χ1) is 11.5. The van der Waals surface area contributed by atoms with Gasteiger partial charge in [-0.25, -0.2) is 8.78 Å². The summed E-state index contributed by atoms with van der Waals surface area (Å²) in [5, 5.41) is 0. The number of nitrogens with zero attached hydrogens (tertiary/aromatic N) is 2. The minimum absolute atomic E-state index is 0.113. The number of carbonyl (C=O) groups is 2. The van der Waals surface area contributed by atoms with Gasteiger partial charge in [-0.15, -0.1) is 0 Å². The van der Waals surface area contributed by atoms with Gasteiger partial charge in [0.05, 0.1) is 17.3 Å². The minimum Gasteiger partial charge on any atom is -0.288 e. The number of carbonyl (C=O) groups excluding carboxylic acids is 2. The molecule has 0 spiro atoms. The molecule has 0 amide bonds. The van der Waals surface area contributed by atoms with Crippen molar-refractivity contribution in [3.05, 3.63) is 63.7 Å². The Hall–Kier alpha value is -2.80. The molecule has 0 N–H and O–H groups in total. The zero-order chi connectivity index (χ0) is 17.0. The van der Waals surface area contributed by atoms with Gasteiger partial charge in [-0.05, 0) is 48.4 Å². The summed E-state index contributed by atoms with van der Waals surface area (Å²) in [6.07, 6.45) is 1.42. The minimum atomic E-state index is -1.15. The highest BCUT2D eigenvalue weighted by Crippen LogP contribution is 2.30. The van der Waals surface area contributed by atoms with E-state index < -0.39 is 23.2 Å². The Morgan fingerprint density at radius 1 is 0.958 bits per heavy atom. The molecule has 4 rings (SSSR count). The Kier molecular flexibility index (Phi) is 3.14. The standard InChI is InChI=1S/C17H8F2N2O2S/c1-7-2-8(4-14-15(7)21-24-20-14)3-11-16(22)9-5-12(18)13(19)6-10(9)17(11)23/h2-6H,1H3. The van der Waals surface area contributed by atoms with Crippen LogP contribution in [0.1, 0.15) is 31.8 Å². The second-order valence-corrected chi connectivity index (χ2v) is 6.03. The van der Waals surface area contributed by atoms with Crippen molar-refractivity contribution in [2.24, 2.45) is 0 Å². The van der Waals surface area contributed by atoms with Crippen LogP contribution in [0.15, 0.2) is 29.8 Å². The van der Waals surface area contributed by atoms with Crippen LogP contribution in [0.4, 0.5) is 8.78 Å². The van der Waals surface area contributed by atoms with Gasteiger partial charge >= 0.3 is 0 Å². The van der Waals surface area contributed by atoms with Crippen LogP contribution in [-0.2, 0) is 0 Å². The predicted octanol–water partition coefficient (Wildman–Crippen LogP) is 3.74. The molecule has 7 heteroatoms. The lowest BCUT2D eigenvalue weighted by molar-refractivity contribution is 0.0990. The third kappa shape index (κ3) is 2.09. The van der Waals surface area contributed by atoms with Crippen LogP contribution < -0.4 is 0 Å². The number of rotatable bonds is 1. The maximum atomic E-state index is 13.3. The maximum absolute atomic E-state index is 13.3. The van der Waals surface area contributed by atoms with E-state index in [2.05, 4.69) is 8.75 Å². The van der Waals surface area contributed by atoms with Gasteiger partial charge in [0, 0.05) is 11.1 Å². The summed E-state index contributed by atoms with van der Waals surface area (Å²) in [5.74, 6) is -3.52. The van der Waals surface area contributed by atoms with E-state index in [0.29, 0.717) is 11.1 Å². The third-order valence-corrected chi connectivity index (χ3v) is 4.47. The van der Waals surface area contributed by atoms with E-state index in [0.717, 1.165) is 34.9 Å². The topological polar surface area (TPSA) is 59.9 Å². The highest BCUT2D eigenvalue weighted by atomic mass is 32.1. The molecule has 0 bridgehead atoms. The van der Waals surface area contributed by atoms with Crippen LogP contribution >= 0.6 is 11.7 Å². The van der Waals surface area contributed by atoms with E-state index in [9.17, 15) is 18.4 Å². The van der Waals surface area contributed by atoms with Crippen molar-refractivity contribution < 1.29 is 18.4 Å². The number of benzene rings is 2. The van der Waals surface area contributed by atoms with Crippen molar-refractivity contribution in [2.45, 2.75) is 6.92 Å². The molecule has 0 saturated heterocycles. The summed E-state index contributed by atoms with van der Waals surface area (Å²) in [6, 6.07) is 5.03. The van der Waals surface area contributed by atoms with Crippen molar-refractivity contribution >= 4 is 40.4 Å². The Labute approximate surface area is 138 Å². The SMILES string of the molecule is Cc1cc(C=C2C(=O)c3cc(F)c(F)cc3C2=O)cc2nsnc12. The summed E-state index contributed by atoms with van der Waals surface area (Å²) in [4.78, 5) is 24.7. The fourth-order valence-electron chi connectivity index (χ4n) is 2.78. The zero-order valence-electron chi connectivity index (χ0n) is 12.3. The maximum Gasteiger partial charge on any atom is 0.197 e. The molecular formula is C17H8F2N2O2S. The molecule has 0 unspecified atom stereocenters. The van der Waals surface area contributed by atoms with Crippen LogP contribution in [-0.4, -0.2) is 20.3 Å². The summed E-state index contributed by atoms with van der Waals surface area (Å²) in [6.45, 7) is 1.85. The van der Waals surface area contributed by atoms with E-state index in [1.165, 1.54) is 6.08 Å². The second-order valence-electron chi connectivity index (χ2n) is 5.50. The number of ketones is 2. The van der Waals surface area contributed by atoms with Gasteiger partial charge in [0.2, 0.25) is 0 Å². The smallest absolute Gasteiger partial charge is 0.197 e. The van der Waals surface area contributed by atoms with Crippen molar-refractivity contribution in [3.63, 3.8) is 0 Å². The van der Waals surface area contributed by atoms with Crippen LogP contribution in [0.2, 0.25) is 0 Å². The monoisotopic (exact) mass is 342 g/mol. The van der Waals surface area contributed by atoms with Crippen LogP contribution in [0.5, 0.6) is 0 Å². The summed E-state index contributed by atoms with van der Waals surface area (Å²) >= 11 is 1.07. The molecule has 1 heterocycles. The molecule has 1 aliphatic carbocycles. The van der Waals surface area contributed by atoms with Gasteiger partial charge in [0.1, 0.15) is 11.0 Å². The number of hydrogen-bond acceptors (Lipinski definition) is 5. The first kappa shape index (κ1) is 14.8. The summed E-state index contributed by atoms with van der Waals surface area (Å²) in [7, 11) is 0. The highest BCUT2D eigenvalue weighted by Gasteiger charge is 2.34. The summed E-state index contributed by atoms with van der Waals surface area (Å²) in [5.41, 5.74) is 2.56. The molecule has 0 aliphatic heterocycles. The van der Waals surface area contributed by atoms with Gasteiger partial charge in [0.25, 0.3) is 0 Å². The zero-order valence-corrected chi connectivity index (χ0v) is 13.1. The highest BCUT2D eigenvalue weighted by molar-refractivity contribution is 7.00. The number of hydrogen-bond donors (Lipinski definition) is 0. The molecule has 3 aromatic rings. The van der Waals surface area contributed by atoms with Crippen molar-refractivity contribution in [1.29, 1.82) is 0 Å². The van der Waals surface area contributed by atoms with Crippen molar-refractivity contribution in [3.8, 4) is 0 Å². The second kappa shape index (κ2) is 5.10. The van der Waals surface area contributed by atoms with E-state index >= 15 is 0 Å². The molecule has 118 valence electrons. The van der Waals surface area contributed by atoms with Gasteiger partial charge in [-0.2, -0.15) is 8.75 Å². The van der Waals surface area contributed by atoms with Crippen molar-refractivity contribution in [1.82, 2.24) is 8.75 Å². The van der Waals surface area contributed by atoms with E-state index in [-0.39, 0.29) is 16.7 Å². The quantitative estimate of drug-likeness (QED) is 0.499. The third-order valence-electron chi connectivity index (χ3n) is 3.92. The Morgan fingerprint density at radius 2 is 1.58 bits per heavy atom. The van der Waals surface area contributed by atoms with Gasteiger partial charge < -0.3 is 0 Å². The number of Topliss-reactive ketones (excluding diaryl/α,β-unsaturated/α-hetero) is 2. The summed E-state index contributed by atoms with van der Waals surface area (Å²) < 4.78 is 35.0. The molecule has 0 fully saturated rings. The van der Waals surface area contributed by atoms with Gasteiger partial charge in [0.15, 0.2) is 23.2 Å². The van der Waals surface area contributed by atoms with E-state index in [1.54, 1.807) is 12.1 Å². The Bertz CT molecular complexity index is 1040. The first-order valence-electron chi connectivity index (χ1n) is 6.99. The van der Waals surface area contributed by atoms with Gasteiger partial charge in [-0.3, -0.25) is 9.59 Å². The average Bonchev–Trinajstić information content (AvgIpc) is 3.09. The van der Waals surface area contributed by atoms with Crippen LogP contribution in [0.3, 0.4) is 0 Å². The molecule has 1 aromatic heterocycles. The molecule has 24 heavy (non-hydrogen) atoms. The molecule has 4 nitrogen and oxygen atoms in total. The molecule has 0 atom stereocenters. The Morgan fingerprint density at radius 3 is 2.21 bits per heavy atom. The predicted molar refractivity (Wildman–Crippen MR) is 85.1 cm³/mol. The number of aromatic nitrogens is 2. The number of aryl methyl sites for hydroxylation is 1. The average molecular weight is 342 g/mol. The molecule has 1 aliphatic rings. The number of allylic oxidation sites excluding steroid dienone is 1.